The van der Waals surface area contributed by atoms with Crippen LogP contribution in [0.1, 0.15) is 24.8 Å². The van der Waals surface area contributed by atoms with Crippen molar-refractivity contribution in [1.29, 1.82) is 0 Å². The number of urea groups is 1. The highest BCUT2D eigenvalue weighted by molar-refractivity contribution is 6.04. The smallest absolute Gasteiger partial charge is 0.326 e. The Morgan fingerprint density at radius 3 is 2.91 bits per heavy atom. The van der Waals surface area contributed by atoms with E-state index in [1.165, 1.54) is 25.4 Å². The van der Waals surface area contributed by atoms with Gasteiger partial charge < -0.3 is 10.1 Å². The summed E-state index contributed by atoms with van der Waals surface area (Å²) in [6, 6.07) is 8.01. The van der Waals surface area contributed by atoms with Crippen molar-refractivity contribution < 1.29 is 9.53 Å². The number of hydrogen-bond acceptors (Lipinski definition) is 4. The van der Waals surface area contributed by atoms with Crippen LogP contribution in [0.25, 0.3) is 0 Å². The number of carbonyl (C=O) groups is 1. The predicted molar refractivity (Wildman–Crippen MR) is 86.9 cm³/mol. The zero-order valence-electron chi connectivity index (χ0n) is 13.0. The first-order valence-electron chi connectivity index (χ1n) is 7.75. The number of nitrogens with one attached hydrogen (secondary N) is 1. The molecule has 1 saturated carbocycles. The van der Waals surface area contributed by atoms with Gasteiger partial charge in [-0.3, -0.25) is 4.90 Å². The monoisotopic (exact) mass is 310 g/mol. The number of ether oxygens (including phenoxy) is 1. The average molecular weight is 310 g/mol. The number of para-hydroxylation sites is 1. The van der Waals surface area contributed by atoms with Crippen molar-refractivity contribution in [2.24, 2.45) is 0 Å². The standard InChI is InChI=1S/C17H18N4O2/c1-23-15-13(9-18-11-19-15)20-16(22)21-10-17(7-4-8-17)12-5-2-3-6-14(12)21/h2-3,5-6,9,11H,4,7-8,10H2,1H3,(H,20,22). The quantitative estimate of drug-likeness (QED) is 0.926. The minimum absolute atomic E-state index is 0.144. The second kappa shape index (κ2) is 5.22. The second-order valence-corrected chi connectivity index (χ2v) is 6.11. The van der Waals surface area contributed by atoms with Crippen LogP contribution in [-0.4, -0.2) is 29.7 Å². The van der Waals surface area contributed by atoms with E-state index < -0.39 is 0 Å². The van der Waals surface area contributed by atoms with Crippen LogP contribution in [-0.2, 0) is 5.41 Å². The molecule has 2 amide bonds. The van der Waals surface area contributed by atoms with Gasteiger partial charge in [-0.05, 0) is 24.5 Å². The third kappa shape index (κ3) is 2.13. The average Bonchev–Trinajstić information content (AvgIpc) is 2.91. The van der Waals surface area contributed by atoms with E-state index in [1.54, 1.807) is 6.20 Å². The van der Waals surface area contributed by atoms with Crippen molar-refractivity contribution in [2.45, 2.75) is 24.7 Å². The third-order valence-corrected chi connectivity index (χ3v) is 4.89. The van der Waals surface area contributed by atoms with E-state index >= 15 is 0 Å². The van der Waals surface area contributed by atoms with E-state index in [-0.39, 0.29) is 11.4 Å². The number of anilines is 2. The fraction of sp³-hybridized carbons (Fsp3) is 0.353. The van der Waals surface area contributed by atoms with Gasteiger partial charge in [-0.25, -0.2) is 9.78 Å². The van der Waals surface area contributed by atoms with Crippen molar-refractivity contribution in [2.75, 3.05) is 23.9 Å². The summed E-state index contributed by atoms with van der Waals surface area (Å²) in [6.45, 7) is 0.730. The Balaban J connectivity index is 1.62. The van der Waals surface area contributed by atoms with Crippen LogP contribution in [0.5, 0.6) is 5.88 Å². The number of aromatic nitrogens is 2. The molecule has 6 nitrogen and oxygen atoms in total. The largest absolute Gasteiger partial charge is 0.479 e. The molecule has 6 heteroatoms. The Labute approximate surface area is 134 Å². The summed E-state index contributed by atoms with van der Waals surface area (Å²) in [5, 5.41) is 2.87. The molecule has 0 unspecified atom stereocenters. The van der Waals surface area contributed by atoms with Crippen molar-refractivity contribution in [1.82, 2.24) is 9.97 Å². The summed E-state index contributed by atoms with van der Waals surface area (Å²) in [7, 11) is 1.52. The number of carbonyl (C=O) groups excluding carboxylic acids is 1. The first-order chi connectivity index (χ1) is 11.2. The van der Waals surface area contributed by atoms with Gasteiger partial charge in [0.1, 0.15) is 12.0 Å². The Kier molecular flexibility index (Phi) is 3.18. The molecule has 0 saturated heterocycles. The van der Waals surface area contributed by atoms with Crippen molar-refractivity contribution >= 4 is 17.4 Å². The zero-order valence-corrected chi connectivity index (χ0v) is 13.0. The van der Waals surface area contributed by atoms with Gasteiger partial charge in [-0.2, -0.15) is 4.98 Å². The van der Waals surface area contributed by atoms with Gasteiger partial charge in [-0.1, -0.05) is 24.6 Å². The Morgan fingerprint density at radius 1 is 1.35 bits per heavy atom. The van der Waals surface area contributed by atoms with Gasteiger partial charge in [0.05, 0.1) is 13.3 Å². The van der Waals surface area contributed by atoms with Crippen molar-refractivity contribution in [3.05, 3.63) is 42.4 Å². The lowest BCUT2D eigenvalue weighted by Gasteiger charge is -2.38. The van der Waals surface area contributed by atoms with Crippen LogP contribution >= 0.6 is 0 Å². The van der Waals surface area contributed by atoms with Gasteiger partial charge in [0.25, 0.3) is 0 Å². The van der Waals surface area contributed by atoms with E-state index in [1.807, 2.05) is 23.1 Å². The van der Waals surface area contributed by atoms with E-state index in [0.717, 1.165) is 25.1 Å². The third-order valence-electron chi connectivity index (χ3n) is 4.89. The van der Waals surface area contributed by atoms with Gasteiger partial charge in [-0.15, -0.1) is 0 Å². The van der Waals surface area contributed by atoms with Gasteiger partial charge in [0.2, 0.25) is 5.88 Å². The first kappa shape index (κ1) is 14.0. The van der Waals surface area contributed by atoms with Gasteiger partial charge in [0, 0.05) is 17.6 Å². The summed E-state index contributed by atoms with van der Waals surface area (Å²) < 4.78 is 5.17. The maximum Gasteiger partial charge on any atom is 0.326 e. The summed E-state index contributed by atoms with van der Waals surface area (Å²) in [6.07, 6.45) is 6.45. The van der Waals surface area contributed by atoms with E-state index in [0.29, 0.717) is 11.6 Å². The van der Waals surface area contributed by atoms with E-state index in [4.69, 9.17) is 4.74 Å². The highest BCUT2D eigenvalue weighted by atomic mass is 16.5. The number of nitrogens with zero attached hydrogens (tertiary/aromatic N) is 3. The molecular weight excluding hydrogens is 292 g/mol. The molecule has 0 bridgehead atoms. The number of hydrogen-bond donors (Lipinski definition) is 1. The molecule has 23 heavy (non-hydrogen) atoms. The molecule has 1 spiro atoms. The van der Waals surface area contributed by atoms with Crippen molar-refractivity contribution in [3.63, 3.8) is 0 Å². The summed E-state index contributed by atoms with van der Waals surface area (Å²) in [5.74, 6) is 0.360. The summed E-state index contributed by atoms with van der Waals surface area (Å²) >= 11 is 0. The van der Waals surface area contributed by atoms with Gasteiger partial charge in [0.15, 0.2) is 0 Å². The maximum atomic E-state index is 12.8. The molecule has 0 radical (unpaired) electrons. The predicted octanol–water partition coefficient (Wildman–Crippen LogP) is 2.96. The Bertz CT molecular complexity index is 758. The number of amides is 2. The molecule has 1 aliphatic heterocycles. The number of rotatable bonds is 2. The molecule has 1 aliphatic carbocycles. The minimum atomic E-state index is -0.172. The number of fused-ring (bicyclic) bond motifs is 2. The van der Waals surface area contributed by atoms with E-state index in [9.17, 15) is 4.79 Å². The fourth-order valence-electron chi connectivity index (χ4n) is 3.59. The summed E-state index contributed by atoms with van der Waals surface area (Å²) in [5.41, 5.74) is 2.91. The molecule has 1 fully saturated rings. The maximum absolute atomic E-state index is 12.8. The highest BCUT2D eigenvalue weighted by Crippen LogP contribution is 2.52. The van der Waals surface area contributed by atoms with Crippen molar-refractivity contribution in [3.8, 4) is 5.88 Å². The molecule has 2 heterocycles. The fourth-order valence-corrected chi connectivity index (χ4v) is 3.59. The molecule has 1 aromatic carbocycles. The van der Waals surface area contributed by atoms with Crippen LogP contribution < -0.4 is 15.0 Å². The summed E-state index contributed by atoms with van der Waals surface area (Å²) in [4.78, 5) is 22.6. The molecule has 4 rings (SSSR count). The SMILES string of the molecule is COc1ncncc1NC(=O)N1CC2(CCC2)c2ccccc21. The lowest BCUT2D eigenvalue weighted by Crippen LogP contribution is -2.42. The molecular formula is C17H18N4O2. The molecule has 2 aromatic rings. The Morgan fingerprint density at radius 2 is 2.17 bits per heavy atom. The zero-order chi connectivity index (χ0) is 15.9. The minimum Gasteiger partial charge on any atom is -0.479 e. The van der Waals surface area contributed by atoms with Crippen LogP contribution in [0.4, 0.5) is 16.2 Å². The number of methoxy groups -OCH3 is 1. The van der Waals surface area contributed by atoms with Crippen LogP contribution in [0.2, 0.25) is 0 Å². The molecule has 2 aliphatic rings. The Hall–Kier alpha value is -2.63. The topological polar surface area (TPSA) is 67.4 Å². The molecule has 1 aromatic heterocycles. The highest BCUT2D eigenvalue weighted by Gasteiger charge is 2.48. The first-order valence-corrected chi connectivity index (χ1v) is 7.75. The normalized spacial score (nSPS) is 17.5. The molecule has 1 N–H and O–H groups in total. The molecule has 0 atom stereocenters. The van der Waals surface area contributed by atoms with Crippen LogP contribution in [0.3, 0.4) is 0 Å². The van der Waals surface area contributed by atoms with E-state index in [2.05, 4.69) is 21.4 Å². The number of benzene rings is 1. The second-order valence-electron chi connectivity index (χ2n) is 6.11. The van der Waals surface area contributed by atoms with Crippen LogP contribution in [0.15, 0.2) is 36.8 Å². The van der Waals surface area contributed by atoms with Gasteiger partial charge >= 0.3 is 6.03 Å². The lowest BCUT2D eigenvalue weighted by atomic mass is 9.66. The molecule has 118 valence electrons. The van der Waals surface area contributed by atoms with Crippen LogP contribution in [0, 0.1) is 0 Å². The lowest BCUT2D eigenvalue weighted by molar-refractivity contribution is 0.244.